The van der Waals surface area contributed by atoms with E-state index >= 15 is 0 Å². The molecule has 1 aliphatic rings. The molecule has 2 atom stereocenters. The first kappa shape index (κ1) is 16.6. The smallest absolute Gasteiger partial charge is 0.426 e. The molecule has 0 saturated carbocycles. The largest absolute Gasteiger partial charge is 0.514 e. The Hall–Kier alpha value is -1.77. The van der Waals surface area contributed by atoms with Crippen molar-refractivity contribution in [2.75, 3.05) is 0 Å². The van der Waals surface area contributed by atoms with Gasteiger partial charge in [0.25, 0.3) is 0 Å². The zero-order valence-electron chi connectivity index (χ0n) is 13.6. The molecule has 0 radical (unpaired) electrons. The van der Waals surface area contributed by atoms with Crippen molar-refractivity contribution >= 4 is 6.16 Å². The van der Waals surface area contributed by atoms with Gasteiger partial charge < -0.3 is 9.47 Å². The molecule has 1 aromatic rings. The first-order valence-electron chi connectivity index (χ1n) is 8.31. The van der Waals surface area contributed by atoms with E-state index in [1.807, 2.05) is 25.1 Å². The highest BCUT2D eigenvalue weighted by Gasteiger charge is 2.21. The molecule has 2 rings (SSSR count). The van der Waals surface area contributed by atoms with E-state index < -0.39 is 6.16 Å². The van der Waals surface area contributed by atoms with Gasteiger partial charge in [-0.15, -0.1) is 0 Å². The van der Waals surface area contributed by atoms with Crippen LogP contribution in [0.1, 0.15) is 52.4 Å². The molecule has 1 aliphatic carbocycles. The van der Waals surface area contributed by atoms with Gasteiger partial charge in [0.15, 0.2) is 0 Å². The van der Waals surface area contributed by atoms with Gasteiger partial charge in [-0.3, -0.25) is 0 Å². The first-order chi connectivity index (χ1) is 10.7. The quantitative estimate of drug-likeness (QED) is 0.395. The molecule has 0 heterocycles. The summed E-state index contributed by atoms with van der Waals surface area (Å²) in [5.74, 6) is 1.31. The maximum absolute atomic E-state index is 11.8. The van der Waals surface area contributed by atoms with Gasteiger partial charge >= 0.3 is 6.16 Å². The van der Waals surface area contributed by atoms with Crippen LogP contribution in [-0.2, 0) is 4.74 Å². The molecule has 3 nitrogen and oxygen atoms in total. The molecule has 0 bridgehead atoms. The van der Waals surface area contributed by atoms with Crippen LogP contribution in [0.15, 0.2) is 42.0 Å². The summed E-state index contributed by atoms with van der Waals surface area (Å²) in [4.78, 5) is 11.8. The Morgan fingerprint density at radius 2 is 2.09 bits per heavy atom. The lowest BCUT2D eigenvalue weighted by Crippen LogP contribution is -2.22. The van der Waals surface area contributed by atoms with Crippen LogP contribution in [0.4, 0.5) is 4.79 Å². The molecule has 0 fully saturated rings. The first-order valence-corrected chi connectivity index (χ1v) is 8.31. The summed E-state index contributed by atoms with van der Waals surface area (Å²) in [7, 11) is 0. The third-order valence-electron chi connectivity index (χ3n) is 4.26. The molecule has 0 aromatic heterocycles. The Labute approximate surface area is 133 Å². The molecule has 2 unspecified atom stereocenters. The lowest BCUT2D eigenvalue weighted by atomic mass is 9.85. The van der Waals surface area contributed by atoms with Crippen LogP contribution in [0.2, 0.25) is 0 Å². The van der Waals surface area contributed by atoms with Gasteiger partial charge in [0.1, 0.15) is 11.9 Å². The van der Waals surface area contributed by atoms with Crippen molar-refractivity contribution in [2.24, 2.45) is 5.92 Å². The molecule has 0 aliphatic heterocycles. The molecule has 0 N–H and O–H groups in total. The molecule has 0 saturated heterocycles. The summed E-state index contributed by atoms with van der Waals surface area (Å²) < 4.78 is 10.5. The third kappa shape index (κ3) is 5.21. The molecular weight excluding hydrogens is 276 g/mol. The van der Waals surface area contributed by atoms with Crippen molar-refractivity contribution < 1.29 is 14.3 Å². The van der Waals surface area contributed by atoms with E-state index in [1.165, 1.54) is 31.3 Å². The molecule has 22 heavy (non-hydrogen) atoms. The molecule has 1 aromatic carbocycles. The maximum atomic E-state index is 11.8. The molecule has 0 amide bonds. The second-order valence-electron chi connectivity index (χ2n) is 5.99. The minimum atomic E-state index is -0.632. The van der Waals surface area contributed by atoms with Gasteiger partial charge in [-0.2, -0.15) is 0 Å². The zero-order chi connectivity index (χ0) is 15.8. The summed E-state index contributed by atoms with van der Waals surface area (Å²) >= 11 is 0. The van der Waals surface area contributed by atoms with Crippen molar-refractivity contribution in [3.8, 4) is 5.75 Å². The van der Waals surface area contributed by atoms with Gasteiger partial charge in [0.05, 0.1) is 0 Å². The summed E-state index contributed by atoms with van der Waals surface area (Å²) in [5.41, 5.74) is 1.22. The minimum absolute atomic E-state index is 0.205. The highest BCUT2D eigenvalue weighted by atomic mass is 16.7. The molecular formula is C19H26O3. The predicted molar refractivity (Wildman–Crippen MR) is 88.0 cm³/mol. The highest BCUT2D eigenvalue weighted by Crippen LogP contribution is 2.29. The van der Waals surface area contributed by atoms with Gasteiger partial charge in [0.2, 0.25) is 0 Å². The van der Waals surface area contributed by atoms with E-state index in [-0.39, 0.29) is 6.10 Å². The number of rotatable bonds is 6. The van der Waals surface area contributed by atoms with Crippen molar-refractivity contribution in [1.82, 2.24) is 0 Å². The average molecular weight is 302 g/mol. The van der Waals surface area contributed by atoms with Crippen LogP contribution in [-0.4, -0.2) is 12.3 Å². The van der Waals surface area contributed by atoms with Crippen molar-refractivity contribution in [1.29, 1.82) is 0 Å². The maximum Gasteiger partial charge on any atom is 0.514 e. The number of ether oxygens (including phenoxy) is 2. The topological polar surface area (TPSA) is 35.5 Å². The van der Waals surface area contributed by atoms with Crippen LogP contribution in [0.5, 0.6) is 5.75 Å². The van der Waals surface area contributed by atoms with Crippen LogP contribution >= 0.6 is 0 Å². The monoisotopic (exact) mass is 302 g/mol. The van der Waals surface area contributed by atoms with Crippen molar-refractivity contribution in [3.63, 3.8) is 0 Å². The second kappa shape index (κ2) is 8.62. The van der Waals surface area contributed by atoms with Crippen LogP contribution < -0.4 is 4.74 Å². The van der Waals surface area contributed by atoms with Crippen LogP contribution in [0.3, 0.4) is 0 Å². The van der Waals surface area contributed by atoms with Gasteiger partial charge in [0, 0.05) is 0 Å². The normalized spacial score (nSPS) is 19.2. The van der Waals surface area contributed by atoms with Gasteiger partial charge in [-0.05, 0) is 49.8 Å². The van der Waals surface area contributed by atoms with E-state index in [0.717, 1.165) is 18.8 Å². The van der Waals surface area contributed by atoms with E-state index in [1.54, 1.807) is 12.1 Å². The summed E-state index contributed by atoms with van der Waals surface area (Å²) in [5, 5.41) is 0. The Balaban J connectivity index is 1.78. The van der Waals surface area contributed by atoms with Gasteiger partial charge in [-0.25, -0.2) is 4.79 Å². The summed E-state index contributed by atoms with van der Waals surface area (Å²) in [6.07, 6.45) is 8.63. The Morgan fingerprint density at radius 3 is 2.73 bits per heavy atom. The SMILES string of the molecule is CCCCC1CC=C(C(C)OC(=O)Oc2ccccc2)CC1. The summed E-state index contributed by atoms with van der Waals surface area (Å²) in [6.45, 7) is 4.16. The number of benzene rings is 1. The number of para-hydroxylation sites is 1. The average Bonchev–Trinajstić information content (AvgIpc) is 2.54. The zero-order valence-corrected chi connectivity index (χ0v) is 13.6. The Morgan fingerprint density at radius 1 is 1.32 bits per heavy atom. The fraction of sp³-hybridized carbons (Fsp3) is 0.526. The number of hydrogen-bond donors (Lipinski definition) is 0. The molecule has 0 spiro atoms. The minimum Gasteiger partial charge on any atom is -0.426 e. The lowest BCUT2D eigenvalue weighted by Gasteiger charge is -2.25. The summed E-state index contributed by atoms with van der Waals surface area (Å²) in [6, 6.07) is 9.01. The van der Waals surface area contributed by atoms with E-state index in [2.05, 4.69) is 13.0 Å². The lowest BCUT2D eigenvalue weighted by molar-refractivity contribution is 0.0763. The van der Waals surface area contributed by atoms with Gasteiger partial charge in [-0.1, -0.05) is 50.5 Å². The number of allylic oxidation sites excluding steroid dienone is 1. The fourth-order valence-corrected chi connectivity index (χ4v) is 2.86. The highest BCUT2D eigenvalue weighted by molar-refractivity contribution is 5.64. The Kier molecular flexibility index (Phi) is 6.50. The fourth-order valence-electron chi connectivity index (χ4n) is 2.86. The predicted octanol–water partition coefficient (Wildman–Crippen LogP) is 5.51. The van der Waals surface area contributed by atoms with Crippen LogP contribution in [0, 0.1) is 5.92 Å². The Bertz CT molecular complexity index is 493. The van der Waals surface area contributed by atoms with Crippen molar-refractivity contribution in [3.05, 3.63) is 42.0 Å². The standard InChI is InChI=1S/C19H26O3/c1-3-4-8-16-11-13-17(14-12-16)15(2)21-19(20)22-18-9-6-5-7-10-18/h5-7,9-10,13,15-16H,3-4,8,11-12,14H2,1-2H3. The number of carbonyl (C=O) groups is 1. The molecule has 3 heteroatoms. The van der Waals surface area contributed by atoms with Crippen molar-refractivity contribution in [2.45, 2.75) is 58.5 Å². The number of carbonyl (C=O) groups excluding carboxylic acids is 1. The molecule has 120 valence electrons. The number of hydrogen-bond acceptors (Lipinski definition) is 3. The third-order valence-corrected chi connectivity index (χ3v) is 4.26. The van der Waals surface area contributed by atoms with Crippen LogP contribution in [0.25, 0.3) is 0 Å². The van der Waals surface area contributed by atoms with E-state index in [0.29, 0.717) is 5.75 Å². The second-order valence-corrected chi connectivity index (χ2v) is 5.99. The number of unbranched alkanes of at least 4 members (excludes halogenated alkanes) is 1. The van der Waals surface area contributed by atoms with E-state index in [4.69, 9.17) is 9.47 Å². The van der Waals surface area contributed by atoms with E-state index in [9.17, 15) is 4.79 Å².